The van der Waals surface area contributed by atoms with Crippen molar-refractivity contribution in [2.24, 2.45) is 11.3 Å². The summed E-state index contributed by atoms with van der Waals surface area (Å²) >= 11 is 0. The van der Waals surface area contributed by atoms with E-state index in [1.165, 1.54) is 76.9 Å². The summed E-state index contributed by atoms with van der Waals surface area (Å²) in [6.45, 7) is 7.67. The fraction of sp³-hybridized carbons (Fsp3) is 0.696. The highest BCUT2D eigenvalue weighted by Gasteiger charge is 2.41. The maximum Gasteiger partial charge on any atom is 0.490 e. The van der Waals surface area contributed by atoms with Gasteiger partial charge in [0.1, 0.15) is 0 Å². The normalized spacial score (nSPS) is 20.5. The highest BCUT2D eigenvalue weighted by Crippen LogP contribution is 2.41. The molecule has 3 aliphatic rings. The van der Waals surface area contributed by atoms with Gasteiger partial charge in [-0.05, 0) is 75.2 Å². The third-order valence-corrected chi connectivity index (χ3v) is 6.77. The van der Waals surface area contributed by atoms with Gasteiger partial charge in [-0.2, -0.15) is 26.3 Å². The Morgan fingerprint density at radius 2 is 1.42 bits per heavy atom. The van der Waals surface area contributed by atoms with Gasteiger partial charge in [-0.15, -0.1) is 0 Å². The molecule has 0 amide bonds. The Morgan fingerprint density at radius 1 is 0.917 bits per heavy atom. The summed E-state index contributed by atoms with van der Waals surface area (Å²) in [5.41, 5.74) is 1.86. The second kappa shape index (κ2) is 12.7. The minimum absolute atomic E-state index is 0.643. The molecule has 2 N–H and O–H groups in total. The number of hydrogen-bond donors (Lipinski definition) is 2. The molecule has 0 aromatic carbocycles. The molecule has 36 heavy (non-hydrogen) atoms. The first-order valence-electron chi connectivity index (χ1n) is 11.6. The second-order valence-corrected chi connectivity index (χ2v) is 9.49. The van der Waals surface area contributed by atoms with Gasteiger partial charge in [0.25, 0.3) is 0 Å². The van der Waals surface area contributed by atoms with Crippen LogP contribution in [0.1, 0.15) is 44.2 Å². The second-order valence-electron chi connectivity index (χ2n) is 9.49. The van der Waals surface area contributed by atoms with Crippen LogP contribution in [0, 0.1) is 11.3 Å². The molecule has 2 saturated heterocycles. The van der Waals surface area contributed by atoms with Crippen molar-refractivity contribution >= 4 is 11.9 Å². The summed E-state index contributed by atoms with van der Waals surface area (Å²) in [5.74, 6) is -4.49. The van der Waals surface area contributed by atoms with Crippen molar-refractivity contribution in [1.82, 2.24) is 14.8 Å². The van der Waals surface area contributed by atoms with Crippen LogP contribution in [-0.2, 0) is 16.1 Å². The van der Waals surface area contributed by atoms with Gasteiger partial charge in [0.2, 0.25) is 0 Å². The molecule has 7 nitrogen and oxygen atoms in total. The first-order valence-corrected chi connectivity index (χ1v) is 11.6. The molecule has 0 radical (unpaired) electrons. The number of alkyl halides is 6. The lowest BCUT2D eigenvalue weighted by atomic mass is 9.77. The molecule has 13 heteroatoms. The zero-order chi connectivity index (χ0) is 27.0. The molecule has 1 saturated carbocycles. The SMILES string of the molecule is O=C(O)C(F)(F)F.O=C(O)C(F)(F)F.c1ccc(CN2CCC3(CC2)CCN(CC2CCC2)C3)nc1. The summed E-state index contributed by atoms with van der Waals surface area (Å²) in [4.78, 5) is 27.6. The van der Waals surface area contributed by atoms with Crippen LogP contribution in [0.15, 0.2) is 24.4 Å². The third-order valence-electron chi connectivity index (χ3n) is 6.77. The van der Waals surface area contributed by atoms with Crippen LogP contribution in [0.4, 0.5) is 26.3 Å². The quantitative estimate of drug-likeness (QED) is 0.560. The number of nitrogens with zero attached hydrogens (tertiary/aromatic N) is 3. The van der Waals surface area contributed by atoms with E-state index in [0.717, 1.165) is 12.5 Å². The topological polar surface area (TPSA) is 94.0 Å². The molecule has 0 atom stereocenters. The first-order chi connectivity index (χ1) is 16.7. The summed E-state index contributed by atoms with van der Waals surface area (Å²) in [7, 11) is 0. The van der Waals surface area contributed by atoms with Crippen LogP contribution < -0.4 is 0 Å². The Bertz CT molecular complexity index is 814. The summed E-state index contributed by atoms with van der Waals surface area (Å²) in [5, 5.41) is 14.2. The number of hydrogen-bond acceptors (Lipinski definition) is 5. The van der Waals surface area contributed by atoms with E-state index >= 15 is 0 Å². The van der Waals surface area contributed by atoms with Gasteiger partial charge < -0.3 is 15.1 Å². The predicted octanol–water partition coefficient (Wildman–Crippen LogP) is 4.44. The van der Waals surface area contributed by atoms with Crippen molar-refractivity contribution < 1.29 is 46.1 Å². The van der Waals surface area contributed by atoms with E-state index in [1.807, 2.05) is 12.3 Å². The van der Waals surface area contributed by atoms with Gasteiger partial charge in [-0.25, -0.2) is 9.59 Å². The number of carbonyl (C=O) groups is 2. The Morgan fingerprint density at radius 3 is 1.81 bits per heavy atom. The molecule has 2 aliphatic heterocycles. The van der Waals surface area contributed by atoms with Crippen molar-refractivity contribution in [1.29, 1.82) is 0 Å². The molecule has 0 unspecified atom stereocenters. The molecule has 1 aromatic rings. The Labute approximate surface area is 205 Å². The summed E-state index contributed by atoms with van der Waals surface area (Å²) in [6.07, 6.45) is 0.421. The number of halogens is 6. The Kier molecular flexibility index (Phi) is 10.5. The van der Waals surface area contributed by atoms with Gasteiger partial charge in [0, 0.05) is 25.8 Å². The van der Waals surface area contributed by atoms with Crippen LogP contribution in [0.25, 0.3) is 0 Å². The van der Waals surface area contributed by atoms with Gasteiger partial charge in [-0.3, -0.25) is 9.88 Å². The van der Waals surface area contributed by atoms with Crippen molar-refractivity contribution in [2.45, 2.75) is 57.4 Å². The van der Waals surface area contributed by atoms with Crippen LogP contribution in [0.2, 0.25) is 0 Å². The van der Waals surface area contributed by atoms with Gasteiger partial charge in [0.05, 0.1) is 5.69 Å². The standard InChI is InChI=1S/C19H29N3.2C2HF3O2/c1-2-10-20-18(6-1)15-21-11-7-19(8-12-21)9-13-22(16-19)14-17-4-3-5-17;2*3-2(4,5)1(6)7/h1-2,6,10,17H,3-5,7-9,11-16H2;2*(H,6,7). The molecule has 1 aromatic heterocycles. The van der Waals surface area contributed by atoms with Crippen molar-refractivity contribution in [3.8, 4) is 0 Å². The molecule has 3 fully saturated rings. The van der Waals surface area contributed by atoms with E-state index < -0.39 is 24.3 Å². The van der Waals surface area contributed by atoms with E-state index in [0.29, 0.717) is 5.41 Å². The average Bonchev–Trinajstić information content (AvgIpc) is 3.15. The zero-order valence-corrected chi connectivity index (χ0v) is 19.7. The number of aromatic nitrogens is 1. The molecular formula is C23H31F6N3O4. The smallest absolute Gasteiger partial charge is 0.475 e. The maximum absolute atomic E-state index is 10.6. The number of pyridine rings is 1. The maximum atomic E-state index is 10.6. The fourth-order valence-corrected chi connectivity index (χ4v) is 4.54. The van der Waals surface area contributed by atoms with Crippen LogP contribution in [-0.4, -0.2) is 82.0 Å². The van der Waals surface area contributed by atoms with Crippen molar-refractivity contribution in [2.75, 3.05) is 32.7 Å². The minimum atomic E-state index is -5.08. The van der Waals surface area contributed by atoms with Crippen molar-refractivity contribution in [3.63, 3.8) is 0 Å². The average molecular weight is 528 g/mol. The lowest BCUT2D eigenvalue weighted by Crippen LogP contribution is -2.42. The molecular weight excluding hydrogens is 496 g/mol. The number of aliphatic carboxylic acids is 2. The molecule has 4 rings (SSSR count). The number of carboxylic acid groups (broad SMARTS) is 2. The molecule has 1 aliphatic carbocycles. The predicted molar refractivity (Wildman–Crippen MR) is 117 cm³/mol. The monoisotopic (exact) mass is 527 g/mol. The van der Waals surface area contributed by atoms with Crippen molar-refractivity contribution in [3.05, 3.63) is 30.1 Å². The number of piperidine rings is 1. The lowest BCUT2D eigenvalue weighted by molar-refractivity contribution is -0.193. The third kappa shape index (κ3) is 9.92. The van der Waals surface area contributed by atoms with Crippen LogP contribution in [0.3, 0.4) is 0 Å². The Hall–Kier alpha value is -2.41. The van der Waals surface area contributed by atoms with E-state index in [2.05, 4.69) is 26.9 Å². The highest BCUT2D eigenvalue weighted by atomic mass is 19.4. The number of carboxylic acids is 2. The summed E-state index contributed by atoms with van der Waals surface area (Å²) < 4.78 is 63.5. The van der Waals surface area contributed by atoms with Gasteiger partial charge >= 0.3 is 24.3 Å². The molecule has 1 spiro atoms. The number of likely N-dealkylation sites (tertiary alicyclic amines) is 2. The van der Waals surface area contributed by atoms with Crippen LogP contribution in [0.5, 0.6) is 0 Å². The molecule has 0 bridgehead atoms. The van der Waals surface area contributed by atoms with E-state index in [9.17, 15) is 26.3 Å². The molecule has 3 heterocycles. The zero-order valence-electron chi connectivity index (χ0n) is 19.7. The van der Waals surface area contributed by atoms with Crippen LogP contribution >= 0.6 is 0 Å². The van der Waals surface area contributed by atoms with E-state index in [4.69, 9.17) is 19.8 Å². The van der Waals surface area contributed by atoms with Gasteiger partial charge in [0.15, 0.2) is 0 Å². The fourth-order valence-electron chi connectivity index (χ4n) is 4.54. The van der Waals surface area contributed by atoms with E-state index in [1.54, 1.807) is 0 Å². The first kappa shape index (κ1) is 29.8. The highest BCUT2D eigenvalue weighted by molar-refractivity contribution is 5.73. The minimum Gasteiger partial charge on any atom is -0.475 e. The summed E-state index contributed by atoms with van der Waals surface area (Å²) in [6, 6.07) is 6.26. The Balaban J connectivity index is 0.000000271. The molecule has 204 valence electrons. The van der Waals surface area contributed by atoms with Gasteiger partial charge in [-0.1, -0.05) is 12.5 Å². The largest absolute Gasteiger partial charge is 0.490 e. The lowest BCUT2D eigenvalue weighted by Gasteiger charge is -2.39. The number of rotatable bonds is 4. The van der Waals surface area contributed by atoms with E-state index in [-0.39, 0.29) is 0 Å².